The largest absolute Gasteiger partial charge is 0.390 e. The van der Waals surface area contributed by atoms with Crippen LogP contribution in [0.4, 0.5) is 0 Å². The lowest BCUT2D eigenvalue weighted by Gasteiger charge is -2.61. The summed E-state index contributed by atoms with van der Waals surface area (Å²) in [4.78, 5) is 15.2. The van der Waals surface area contributed by atoms with Gasteiger partial charge in [-0.25, -0.2) is 0 Å². The number of carbonyl (C=O) groups excluding carboxylic acids is 1. The van der Waals surface area contributed by atoms with Gasteiger partial charge < -0.3 is 15.7 Å². The maximum atomic E-state index is 13.3. The molecule has 5 nitrogen and oxygen atoms in total. The molecule has 5 heteroatoms. The standard InChI is InChI=1S/C19H25N3O2/c20-8-12-6-19-7-13(19)15(19)22(12)16(23)14(21)17-2-10-1-11(3-17)5-18(24,4-10)9-17/h10-15,24H,1-7,9,21H2/t10?,11?,12?,13-,14?,15?,17?,18?,19-/m1/s1. The molecule has 7 aliphatic rings. The van der Waals surface area contributed by atoms with E-state index < -0.39 is 11.6 Å². The van der Waals surface area contributed by atoms with Crippen molar-refractivity contribution in [2.75, 3.05) is 0 Å². The number of fused-ring (bicyclic) bond motifs is 1. The molecule has 1 amide bonds. The Hall–Kier alpha value is -1.12. The number of rotatable bonds is 2. The van der Waals surface area contributed by atoms with Crippen molar-refractivity contribution in [1.82, 2.24) is 4.90 Å². The second kappa shape index (κ2) is 3.83. The van der Waals surface area contributed by atoms with Crippen LogP contribution in [0.2, 0.25) is 0 Å². The first-order chi connectivity index (χ1) is 11.4. The zero-order chi connectivity index (χ0) is 16.5. The summed E-state index contributed by atoms with van der Waals surface area (Å²) >= 11 is 0. The molecule has 7 rings (SSSR count). The molecule has 7 atom stereocenters. The molecule has 6 aliphatic carbocycles. The number of piperidine rings is 1. The Balaban J connectivity index is 1.31. The molecule has 0 aromatic heterocycles. The molecule has 7 fully saturated rings. The highest BCUT2D eigenvalue weighted by atomic mass is 16.3. The van der Waals surface area contributed by atoms with Crippen molar-refractivity contribution < 1.29 is 9.90 Å². The Morgan fingerprint density at radius 3 is 2.50 bits per heavy atom. The predicted molar refractivity (Wildman–Crippen MR) is 85.2 cm³/mol. The first-order valence-electron chi connectivity index (χ1n) is 9.60. The second-order valence-corrected chi connectivity index (χ2v) is 10.1. The number of nitriles is 1. The zero-order valence-electron chi connectivity index (χ0n) is 13.9. The SMILES string of the molecule is N#CC1C[C@@]23C[C@@H]2C3N1C(=O)C(N)C12CC3CC(CC(O)(C3)C1)C2. The van der Waals surface area contributed by atoms with E-state index in [-0.39, 0.29) is 17.4 Å². The molecule has 128 valence electrons. The minimum atomic E-state index is -0.593. The van der Waals surface area contributed by atoms with E-state index in [0.29, 0.717) is 35.6 Å². The van der Waals surface area contributed by atoms with Crippen LogP contribution in [0.1, 0.15) is 51.4 Å². The van der Waals surface area contributed by atoms with Gasteiger partial charge in [-0.3, -0.25) is 4.79 Å². The summed E-state index contributed by atoms with van der Waals surface area (Å²) in [5, 5.41) is 20.4. The van der Waals surface area contributed by atoms with E-state index in [1.807, 2.05) is 4.90 Å². The molecule has 1 saturated heterocycles. The highest BCUT2D eigenvalue weighted by Gasteiger charge is 2.85. The molecule has 0 aromatic carbocycles. The average Bonchev–Trinajstić information content (AvgIpc) is 3.33. The molecular weight excluding hydrogens is 302 g/mol. The number of hydrogen-bond acceptors (Lipinski definition) is 4. The second-order valence-electron chi connectivity index (χ2n) is 10.1. The lowest BCUT2D eigenvalue weighted by Crippen LogP contribution is -2.65. The lowest BCUT2D eigenvalue weighted by molar-refractivity contribution is -0.177. The van der Waals surface area contributed by atoms with Crippen molar-refractivity contribution >= 4 is 5.91 Å². The minimum Gasteiger partial charge on any atom is -0.390 e. The molecule has 4 bridgehead atoms. The molecular formula is C19H25N3O2. The van der Waals surface area contributed by atoms with E-state index in [1.165, 1.54) is 12.8 Å². The van der Waals surface area contributed by atoms with E-state index in [0.717, 1.165) is 32.1 Å². The van der Waals surface area contributed by atoms with Gasteiger partial charge in [-0.1, -0.05) is 0 Å². The van der Waals surface area contributed by atoms with Crippen molar-refractivity contribution in [2.24, 2.45) is 34.3 Å². The summed E-state index contributed by atoms with van der Waals surface area (Å²) < 4.78 is 0. The normalized spacial score (nSPS) is 59.5. The van der Waals surface area contributed by atoms with Gasteiger partial charge in [0, 0.05) is 6.04 Å². The van der Waals surface area contributed by atoms with Gasteiger partial charge in [-0.15, -0.1) is 0 Å². The summed E-state index contributed by atoms with van der Waals surface area (Å²) in [6.07, 6.45) is 7.71. The quantitative estimate of drug-likeness (QED) is 0.796. The summed E-state index contributed by atoms with van der Waals surface area (Å²) in [6, 6.07) is 1.83. The summed E-state index contributed by atoms with van der Waals surface area (Å²) in [5.74, 6) is 1.71. The van der Waals surface area contributed by atoms with Gasteiger partial charge in [-0.05, 0) is 80.0 Å². The Bertz CT molecular complexity index is 685. The number of aliphatic hydroxyl groups is 1. The van der Waals surface area contributed by atoms with Crippen molar-refractivity contribution in [3.63, 3.8) is 0 Å². The van der Waals surface area contributed by atoms with Crippen LogP contribution in [0.5, 0.6) is 0 Å². The smallest absolute Gasteiger partial charge is 0.241 e. The molecule has 1 spiro atoms. The third-order valence-corrected chi connectivity index (χ3v) is 8.65. The van der Waals surface area contributed by atoms with Crippen LogP contribution in [0.3, 0.4) is 0 Å². The first kappa shape index (κ1) is 14.1. The fraction of sp³-hybridized carbons (Fsp3) is 0.895. The molecule has 0 radical (unpaired) electrons. The predicted octanol–water partition coefficient (Wildman–Crippen LogP) is 1.16. The van der Waals surface area contributed by atoms with Crippen molar-refractivity contribution in [2.45, 2.75) is 75.1 Å². The Labute approximate surface area is 142 Å². The van der Waals surface area contributed by atoms with Gasteiger partial charge in [-0.2, -0.15) is 5.26 Å². The maximum absolute atomic E-state index is 13.3. The topological polar surface area (TPSA) is 90.4 Å². The van der Waals surface area contributed by atoms with Gasteiger partial charge in [0.1, 0.15) is 6.04 Å². The molecule has 24 heavy (non-hydrogen) atoms. The van der Waals surface area contributed by atoms with Crippen molar-refractivity contribution in [3.8, 4) is 6.07 Å². The molecule has 0 aromatic rings. The highest BCUT2D eigenvalue weighted by molar-refractivity contribution is 5.85. The third kappa shape index (κ3) is 1.47. The number of nitrogens with two attached hydrogens (primary N) is 1. The van der Waals surface area contributed by atoms with Gasteiger partial charge in [0.25, 0.3) is 0 Å². The fourth-order valence-electron chi connectivity index (χ4n) is 7.92. The van der Waals surface area contributed by atoms with Gasteiger partial charge in [0.05, 0.1) is 17.7 Å². The molecule has 3 N–H and O–H groups in total. The highest BCUT2D eigenvalue weighted by Crippen LogP contribution is 2.82. The van der Waals surface area contributed by atoms with Crippen LogP contribution in [0, 0.1) is 39.9 Å². The molecule has 6 saturated carbocycles. The maximum Gasteiger partial charge on any atom is 0.241 e. The van der Waals surface area contributed by atoms with E-state index in [1.54, 1.807) is 0 Å². The van der Waals surface area contributed by atoms with E-state index in [9.17, 15) is 15.2 Å². The number of hydrogen-bond donors (Lipinski definition) is 2. The number of carbonyl (C=O) groups is 1. The number of nitrogens with zero attached hydrogens (tertiary/aromatic N) is 2. The van der Waals surface area contributed by atoms with Crippen LogP contribution in [0.15, 0.2) is 0 Å². The summed E-state index contributed by atoms with van der Waals surface area (Å²) in [5.41, 5.74) is 6.08. The minimum absolute atomic E-state index is 0.00109. The Kier molecular flexibility index (Phi) is 2.25. The molecule has 5 unspecified atom stereocenters. The van der Waals surface area contributed by atoms with E-state index in [2.05, 4.69) is 6.07 Å². The van der Waals surface area contributed by atoms with Crippen LogP contribution >= 0.6 is 0 Å². The van der Waals surface area contributed by atoms with Crippen LogP contribution in [0.25, 0.3) is 0 Å². The van der Waals surface area contributed by atoms with E-state index >= 15 is 0 Å². The zero-order valence-corrected chi connectivity index (χ0v) is 13.9. The molecule has 1 heterocycles. The Morgan fingerprint density at radius 2 is 1.92 bits per heavy atom. The molecule has 1 aliphatic heterocycles. The van der Waals surface area contributed by atoms with E-state index in [4.69, 9.17) is 5.73 Å². The summed E-state index contributed by atoms with van der Waals surface area (Å²) in [7, 11) is 0. The van der Waals surface area contributed by atoms with Crippen LogP contribution in [-0.2, 0) is 4.79 Å². The van der Waals surface area contributed by atoms with Crippen molar-refractivity contribution in [3.05, 3.63) is 0 Å². The summed E-state index contributed by atoms with van der Waals surface area (Å²) in [6.45, 7) is 0. The lowest BCUT2D eigenvalue weighted by atomic mass is 9.46. The third-order valence-electron chi connectivity index (χ3n) is 8.65. The van der Waals surface area contributed by atoms with Crippen LogP contribution < -0.4 is 5.73 Å². The van der Waals surface area contributed by atoms with Gasteiger partial charge >= 0.3 is 0 Å². The van der Waals surface area contributed by atoms with Gasteiger partial charge in [0.2, 0.25) is 5.91 Å². The number of likely N-dealkylation sites (tertiary alicyclic amines) is 1. The average molecular weight is 327 g/mol. The monoisotopic (exact) mass is 327 g/mol. The van der Waals surface area contributed by atoms with Crippen molar-refractivity contribution in [1.29, 1.82) is 5.26 Å². The van der Waals surface area contributed by atoms with Crippen LogP contribution in [-0.4, -0.2) is 39.6 Å². The fourth-order valence-corrected chi connectivity index (χ4v) is 7.92. The first-order valence-corrected chi connectivity index (χ1v) is 9.60. The van der Waals surface area contributed by atoms with Gasteiger partial charge in [0.15, 0.2) is 0 Å². The Morgan fingerprint density at radius 1 is 1.21 bits per heavy atom. The number of amides is 1.